The number of benzene rings is 1. The fraction of sp³-hybridized carbons (Fsp3) is 0.143. The number of rotatable bonds is 4. The van der Waals surface area contributed by atoms with Crippen LogP contribution >= 0.6 is 15.9 Å². The quantitative estimate of drug-likeness (QED) is 0.906. The zero-order valence-corrected chi connectivity index (χ0v) is 11.9. The highest BCUT2D eigenvalue weighted by atomic mass is 79.9. The van der Waals surface area contributed by atoms with Crippen molar-refractivity contribution in [2.45, 2.75) is 13.0 Å². The lowest BCUT2D eigenvalue weighted by atomic mass is 10.0. The molecule has 0 aliphatic rings. The predicted molar refractivity (Wildman–Crippen MR) is 77.1 cm³/mol. The van der Waals surface area contributed by atoms with Crippen LogP contribution in [0.15, 0.2) is 47.2 Å². The Bertz CT molecular complexity index is 602. The number of halogens is 1. The third kappa shape index (κ3) is 3.32. The highest BCUT2D eigenvalue weighted by Gasteiger charge is 2.21. The Hall–Kier alpha value is -1.88. The zero-order chi connectivity index (χ0) is 13.8. The van der Waals surface area contributed by atoms with Crippen molar-refractivity contribution in [1.82, 2.24) is 4.98 Å². The number of carboxylic acid groups (broad SMARTS) is 1. The Morgan fingerprint density at radius 1 is 1.42 bits per heavy atom. The molecule has 1 atom stereocenters. The van der Waals surface area contributed by atoms with Gasteiger partial charge in [-0.3, -0.25) is 4.98 Å². The minimum Gasteiger partial charge on any atom is -0.479 e. The number of aromatic nitrogens is 1. The maximum atomic E-state index is 11.4. The van der Waals surface area contributed by atoms with Crippen LogP contribution in [0.1, 0.15) is 17.2 Å². The third-order valence-corrected chi connectivity index (χ3v) is 3.27. The summed E-state index contributed by atoms with van der Waals surface area (Å²) >= 11 is 3.36. The molecule has 1 aromatic carbocycles. The number of hydrogen-bond donors (Lipinski definition) is 2. The summed E-state index contributed by atoms with van der Waals surface area (Å²) in [4.78, 5) is 15.4. The number of nitrogens with zero attached hydrogens (tertiary/aromatic N) is 1. The van der Waals surface area contributed by atoms with Gasteiger partial charge in [0, 0.05) is 28.1 Å². The van der Waals surface area contributed by atoms with Gasteiger partial charge in [-0.25, -0.2) is 4.79 Å². The van der Waals surface area contributed by atoms with E-state index in [1.807, 2.05) is 31.2 Å². The maximum absolute atomic E-state index is 11.4. The van der Waals surface area contributed by atoms with Crippen LogP contribution in [0.3, 0.4) is 0 Å². The van der Waals surface area contributed by atoms with Gasteiger partial charge in [0.1, 0.15) is 0 Å². The van der Waals surface area contributed by atoms with E-state index >= 15 is 0 Å². The lowest BCUT2D eigenvalue weighted by molar-refractivity contribution is -0.138. The minimum absolute atomic E-state index is 0.662. The molecular weight excluding hydrogens is 308 g/mol. The molecule has 2 N–H and O–H groups in total. The number of aryl methyl sites for hydroxylation is 1. The standard InChI is InChI=1S/C14H13BrN2O2/c1-9-5-6-16-8-12(9)13(14(18)19)17-11-4-2-3-10(15)7-11/h2-8,13,17H,1H3,(H,18,19). The first kappa shape index (κ1) is 13.5. The molecule has 0 spiro atoms. The number of anilines is 1. The molecule has 0 saturated heterocycles. The second kappa shape index (κ2) is 5.84. The summed E-state index contributed by atoms with van der Waals surface area (Å²) in [5.41, 5.74) is 2.30. The molecule has 0 bridgehead atoms. The molecule has 1 heterocycles. The van der Waals surface area contributed by atoms with Crippen LogP contribution in [0.5, 0.6) is 0 Å². The van der Waals surface area contributed by atoms with Crippen molar-refractivity contribution in [2.75, 3.05) is 5.32 Å². The van der Waals surface area contributed by atoms with Gasteiger partial charge in [0.05, 0.1) is 0 Å². The van der Waals surface area contributed by atoms with Crippen LogP contribution in [-0.2, 0) is 4.79 Å². The fourth-order valence-corrected chi connectivity index (χ4v) is 2.20. The van der Waals surface area contributed by atoms with Crippen molar-refractivity contribution in [3.8, 4) is 0 Å². The van der Waals surface area contributed by atoms with E-state index in [-0.39, 0.29) is 0 Å². The minimum atomic E-state index is -0.934. The molecule has 19 heavy (non-hydrogen) atoms. The Balaban J connectivity index is 2.32. The van der Waals surface area contributed by atoms with Crippen LogP contribution in [0.2, 0.25) is 0 Å². The average molecular weight is 321 g/mol. The average Bonchev–Trinajstić information content (AvgIpc) is 2.37. The number of carbonyl (C=O) groups is 1. The van der Waals surface area contributed by atoms with Crippen LogP contribution in [0, 0.1) is 6.92 Å². The van der Waals surface area contributed by atoms with E-state index in [1.165, 1.54) is 0 Å². The number of aliphatic carboxylic acids is 1. The Morgan fingerprint density at radius 3 is 2.84 bits per heavy atom. The molecule has 0 fully saturated rings. The fourth-order valence-electron chi connectivity index (χ4n) is 1.80. The van der Waals surface area contributed by atoms with Gasteiger partial charge < -0.3 is 10.4 Å². The monoisotopic (exact) mass is 320 g/mol. The van der Waals surface area contributed by atoms with E-state index in [0.717, 1.165) is 15.7 Å². The van der Waals surface area contributed by atoms with Crippen LogP contribution in [0.25, 0.3) is 0 Å². The molecular formula is C14H13BrN2O2. The van der Waals surface area contributed by atoms with Crippen LogP contribution in [0.4, 0.5) is 5.69 Å². The van der Waals surface area contributed by atoms with Crippen molar-refractivity contribution in [3.63, 3.8) is 0 Å². The molecule has 4 nitrogen and oxygen atoms in total. The predicted octanol–water partition coefficient (Wildman–Crippen LogP) is 3.39. The number of hydrogen-bond acceptors (Lipinski definition) is 3. The Kier molecular flexibility index (Phi) is 4.16. The Labute approximate surface area is 119 Å². The van der Waals surface area contributed by atoms with Gasteiger partial charge in [-0.05, 0) is 36.8 Å². The van der Waals surface area contributed by atoms with E-state index in [0.29, 0.717) is 5.56 Å². The normalized spacial score (nSPS) is 11.9. The van der Waals surface area contributed by atoms with Crippen molar-refractivity contribution >= 4 is 27.6 Å². The number of carboxylic acids is 1. The van der Waals surface area contributed by atoms with Crippen LogP contribution < -0.4 is 5.32 Å². The van der Waals surface area contributed by atoms with Gasteiger partial charge in [-0.15, -0.1) is 0 Å². The second-order valence-electron chi connectivity index (χ2n) is 4.16. The van der Waals surface area contributed by atoms with E-state index < -0.39 is 12.0 Å². The van der Waals surface area contributed by atoms with E-state index in [9.17, 15) is 9.90 Å². The van der Waals surface area contributed by atoms with E-state index in [1.54, 1.807) is 18.5 Å². The smallest absolute Gasteiger partial charge is 0.330 e. The summed E-state index contributed by atoms with van der Waals surface area (Å²) in [7, 11) is 0. The summed E-state index contributed by atoms with van der Waals surface area (Å²) in [5, 5.41) is 12.4. The lowest BCUT2D eigenvalue weighted by Gasteiger charge is -2.17. The van der Waals surface area contributed by atoms with Gasteiger partial charge in [-0.2, -0.15) is 0 Å². The molecule has 5 heteroatoms. The highest BCUT2D eigenvalue weighted by Crippen LogP contribution is 2.24. The second-order valence-corrected chi connectivity index (χ2v) is 5.07. The molecule has 1 aromatic heterocycles. The third-order valence-electron chi connectivity index (χ3n) is 2.77. The van der Waals surface area contributed by atoms with Crippen molar-refractivity contribution < 1.29 is 9.90 Å². The number of nitrogens with one attached hydrogen (secondary N) is 1. The molecule has 2 rings (SSSR count). The van der Waals surface area contributed by atoms with Gasteiger partial charge in [0.15, 0.2) is 6.04 Å². The highest BCUT2D eigenvalue weighted by molar-refractivity contribution is 9.10. The molecule has 0 aliphatic carbocycles. The van der Waals surface area contributed by atoms with Crippen molar-refractivity contribution in [2.24, 2.45) is 0 Å². The number of pyridine rings is 1. The zero-order valence-electron chi connectivity index (χ0n) is 10.3. The molecule has 0 saturated carbocycles. The SMILES string of the molecule is Cc1ccncc1C(Nc1cccc(Br)c1)C(=O)O. The van der Waals surface area contributed by atoms with Gasteiger partial charge >= 0.3 is 5.97 Å². The van der Waals surface area contributed by atoms with Crippen molar-refractivity contribution in [1.29, 1.82) is 0 Å². The van der Waals surface area contributed by atoms with E-state index in [2.05, 4.69) is 26.2 Å². The van der Waals surface area contributed by atoms with Gasteiger partial charge in [0.25, 0.3) is 0 Å². The molecule has 98 valence electrons. The first-order valence-electron chi connectivity index (χ1n) is 5.73. The summed E-state index contributed by atoms with van der Waals surface area (Å²) < 4.78 is 0.893. The van der Waals surface area contributed by atoms with Gasteiger partial charge in [-0.1, -0.05) is 22.0 Å². The van der Waals surface area contributed by atoms with Gasteiger partial charge in [0.2, 0.25) is 0 Å². The summed E-state index contributed by atoms with van der Waals surface area (Å²) in [5.74, 6) is -0.934. The Morgan fingerprint density at radius 2 is 2.21 bits per heavy atom. The first-order valence-corrected chi connectivity index (χ1v) is 6.52. The lowest BCUT2D eigenvalue weighted by Crippen LogP contribution is -2.21. The summed E-state index contributed by atoms with van der Waals surface area (Å²) in [6.07, 6.45) is 3.23. The summed E-state index contributed by atoms with van der Waals surface area (Å²) in [6.45, 7) is 1.87. The molecule has 1 unspecified atom stereocenters. The maximum Gasteiger partial charge on any atom is 0.330 e. The topological polar surface area (TPSA) is 62.2 Å². The molecule has 0 amide bonds. The van der Waals surface area contributed by atoms with E-state index in [4.69, 9.17) is 0 Å². The first-order chi connectivity index (χ1) is 9.08. The molecule has 2 aromatic rings. The summed E-state index contributed by atoms with van der Waals surface area (Å²) in [6, 6.07) is 8.38. The van der Waals surface area contributed by atoms with Crippen molar-refractivity contribution in [3.05, 3.63) is 58.3 Å². The largest absolute Gasteiger partial charge is 0.479 e. The van der Waals surface area contributed by atoms with Crippen LogP contribution in [-0.4, -0.2) is 16.1 Å². The molecule has 0 radical (unpaired) electrons. The molecule has 0 aliphatic heterocycles.